The van der Waals surface area contributed by atoms with Crippen molar-refractivity contribution in [2.75, 3.05) is 0 Å². The van der Waals surface area contributed by atoms with Crippen molar-refractivity contribution in [3.8, 4) is 0 Å². The molecule has 0 saturated carbocycles. The lowest BCUT2D eigenvalue weighted by Gasteiger charge is -2.27. The van der Waals surface area contributed by atoms with Gasteiger partial charge in [0.05, 0.1) is 0 Å². The van der Waals surface area contributed by atoms with E-state index in [1.165, 1.54) is 6.42 Å². The van der Waals surface area contributed by atoms with Crippen LogP contribution in [0.25, 0.3) is 0 Å². The lowest BCUT2D eigenvalue weighted by atomic mass is 9.77. The first-order valence-corrected chi connectivity index (χ1v) is 5.22. The second-order valence-electron chi connectivity index (χ2n) is 4.28. The van der Waals surface area contributed by atoms with Gasteiger partial charge in [0.15, 0.2) is 0 Å². The Morgan fingerprint density at radius 3 is 2.23 bits per heavy atom. The average Bonchev–Trinajstić information content (AvgIpc) is 2.28. The molecule has 0 aromatic heterocycles. The minimum absolute atomic E-state index is 0.685. The molecule has 2 aliphatic rings. The van der Waals surface area contributed by atoms with Crippen LogP contribution >= 0.6 is 0 Å². The standard InChI is InChI=1S/C13H18/c1-6-11-10(5)12-8(3)7(2)9(4)13(11)12/h8H,6H2,1-5H3/t8-/m0/s1. The fraction of sp³-hybridized carbons (Fsp3) is 0.538. The van der Waals surface area contributed by atoms with E-state index in [0.717, 1.165) is 0 Å². The van der Waals surface area contributed by atoms with Gasteiger partial charge in [0.1, 0.15) is 0 Å². The fourth-order valence-electron chi connectivity index (χ4n) is 2.79. The number of rotatable bonds is 1. The van der Waals surface area contributed by atoms with Crippen molar-refractivity contribution in [3.05, 3.63) is 33.4 Å². The smallest absolute Gasteiger partial charge is 0.00318 e. The van der Waals surface area contributed by atoms with E-state index < -0.39 is 0 Å². The zero-order chi connectivity index (χ0) is 9.75. The molecule has 70 valence electrons. The molecule has 2 rings (SSSR count). The van der Waals surface area contributed by atoms with Crippen molar-refractivity contribution in [2.45, 2.75) is 41.0 Å². The summed E-state index contributed by atoms with van der Waals surface area (Å²) in [5.74, 6) is 0.685. The van der Waals surface area contributed by atoms with E-state index in [0.29, 0.717) is 5.92 Å². The van der Waals surface area contributed by atoms with Crippen LogP contribution in [0.2, 0.25) is 0 Å². The van der Waals surface area contributed by atoms with E-state index >= 15 is 0 Å². The lowest BCUT2D eigenvalue weighted by Crippen LogP contribution is -2.11. The van der Waals surface area contributed by atoms with Crippen LogP contribution in [-0.4, -0.2) is 0 Å². The highest BCUT2D eigenvalue weighted by Crippen LogP contribution is 2.52. The summed E-state index contributed by atoms with van der Waals surface area (Å²) in [4.78, 5) is 0. The normalized spacial score (nSPS) is 27.0. The molecule has 0 fully saturated rings. The predicted octanol–water partition coefficient (Wildman–Crippen LogP) is 4.01. The van der Waals surface area contributed by atoms with Gasteiger partial charge in [-0.3, -0.25) is 0 Å². The molecule has 0 unspecified atom stereocenters. The topological polar surface area (TPSA) is 0 Å². The van der Waals surface area contributed by atoms with Crippen LogP contribution in [0.15, 0.2) is 33.4 Å². The van der Waals surface area contributed by atoms with Crippen LogP contribution in [0.3, 0.4) is 0 Å². The zero-order valence-electron chi connectivity index (χ0n) is 9.28. The summed E-state index contributed by atoms with van der Waals surface area (Å²) in [6, 6.07) is 0. The molecular formula is C13H18. The van der Waals surface area contributed by atoms with Gasteiger partial charge in [-0.15, -0.1) is 0 Å². The zero-order valence-corrected chi connectivity index (χ0v) is 9.28. The maximum Gasteiger partial charge on any atom is 0.00318 e. The molecule has 0 radical (unpaired) electrons. The first-order valence-electron chi connectivity index (χ1n) is 5.22. The van der Waals surface area contributed by atoms with E-state index in [4.69, 9.17) is 0 Å². The monoisotopic (exact) mass is 174 g/mol. The second-order valence-corrected chi connectivity index (χ2v) is 4.28. The van der Waals surface area contributed by atoms with E-state index in [9.17, 15) is 0 Å². The first kappa shape index (κ1) is 8.80. The molecule has 0 heteroatoms. The van der Waals surface area contributed by atoms with Crippen molar-refractivity contribution in [1.29, 1.82) is 0 Å². The third-order valence-electron chi connectivity index (χ3n) is 3.83. The van der Waals surface area contributed by atoms with Gasteiger partial charge < -0.3 is 0 Å². The van der Waals surface area contributed by atoms with Gasteiger partial charge in [-0.1, -0.05) is 19.4 Å². The molecule has 0 nitrogen and oxygen atoms in total. The van der Waals surface area contributed by atoms with Crippen LogP contribution in [0.5, 0.6) is 0 Å². The molecule has 0 N–H and O–H groups in total. The molecule has 0 aliphatic heterocycles. The Kier molecular flexibility index (Phi) is 1.76. The van der Waals surface area contributed by atoms with Crippen molar-refractivity contribution in [1.82, 2.24) is 0 Å². The summed E-state index contributed by atoms with van der Waals surface area (Å²) in [5.41, 5.74) is 9.53. The van der Waals surface area contributed by atoms with E-state index in [1.807, 2.05) is 0 Å². The molecule has 2 aliphatic carbocycles. The van der Waals surface area contributed by atoms with Gasteiger partial charge in [0, 0.05) is 5.92 Å². The minimum Gasteiger partial charge on any atom is -0.0625 e. The van der Waals surface area contributed by atoms with Crippen LogP contribution in [0.4, 0.5) is 0 Å². The fourth-order valence-corrected chi connectivity index (χ4v) is 2.79. The summed E-state index contributed by atoms with van der Waals surface area (Å²) < 4.78 is 0. The molecule has 0 bridgehead atoms. The molecule has 0 amide bonds. The average molecular weight is 174 g/mol. The Bertz CT molecular complexity index is 361. The highest BCUT2D eigenvalue weighted by molar-refractivity contribution is 5.72. The largest absolute Gasteiger partial charge is 0.0625 e. The van der Waals surface area contributed by atoms with Gasteiger partial charge >= 0.3 is 0 Å². The molecular weight excluding hydrogens is 156 g/mol. The summed E-state index contributed by atoms with van der Waals surface area (Å²) in [6.07, 6.45) is 1.20. The predicted molar refractivity (Wildman–Crippen MR) is 57.6 cm³/mol. The van der Waals surface area contributed by atoms with Crippen LogP contribution in [0.1, 0.15) is 41.0 Å². The second kappa shape index (κ2) is 2.60. The SMILES string of the molecule is CCC1=C(C)C2=C1C(C)=C(C)[C@@H]2C. The van der Waals surface area contributed by atoms with Gasteiger partial charge in [0.25, 0.3) is 0 Å². The summed E-state index contributed by atoms with van der Waals surface area (Å²) in [5, 5.41) is 0. The summed E-state index contributed by atoms with van der Waals surface area (Å²) in [6.45, 7) is 11.4. The van der Waals surface area contributed by atoms with Crippen LogP contribution < -0.4 is 0 Å². The van der Waals surface area contributed by atoms with E-state index in [1.54, 1.807) is 33.4 Å². The Morgan fingerprint density at radius 1 is 1.08 bits per heavy atom. The number of hydrogen-bond donors (Lipinski definition) is 0. The maximum absolute atomic E-state index is 2.33. The maximum atomic E-state index is 2.33. The summed E-state index contributed by atoms with van der Waals surface area (Å²) >= 11 is 0. The van der Waals surface area contributed by atoms with Gasteiger partial charge in [-0.25, -0.2) is 0 Å². The minimum atomic E-state index is 0.685. The Balaban J connectivity index is 2.43. The highest BCUT2D eigenvalue weighted by atomic mass is 14.4. The van der Waals surface area contributed by atoms with Crippen molar-refractivity contribution < 1.29 is 0 Å². The van der Waals surface area contributed by atoms with Crippen molar-refractivity contribution in [3.63, 3.8) is 0 Å². The molecule has 0 aromatic carbocycles. The van der Waals surface area contributed by atoms with E-state index in [-0.39, 0.29) is 0 Å². The van der Waals surface area contributed by atoms with E-state index in [2.05, 4.69) is 34.6 Å². The van der Waals surface area contributed by atoms with Gasteiger partial charge in [-0.05, 0) is 55.1 Å². The van der Waals surface area contributed by atoms with Crippen molar-refractivity contribution in [2.24, 2.45) is 5.92 Å². The number of hydrogen-bond acceptors (Lipinski definition) is 0. The van der Waals surface area contributed by atoms with Gasteiger partial charge in [-0.2, -0.15) is 0 Å². The Hall–Kier alpha value is -0.780. The molecule has 1 atom stereocenters. The van der Waals surface area contributed by atoms with Crippen molar-refractivity contribution >= 4 is 0 Å². The summed E-state index contributed by atoms with van der Waals surface area (Å²) in [7, 11) is 0. The Morgan fingerprint density at radius 2 is 1.69 bits per heavy atom. The molecule has 0 saturated heterocycles. The quantitative estimate of drug-likeness (QED) is 0.563. The third kappa shape index (κ3) is 0.864. The third-order valence-corrected chi connectivity index (χ3v) is 3.83. The van der Waals surface area contributed by atoms with Crippen LogP contribution in [0, 0.1) is 5.92 Å². The Labute approximate surface area is 81.0 Å². The lowest BCUT2D eigenvalue weighted by molar-refractivity contribution is 0.803. The molecule has 0 spiro atoms. The molecule has 0 heterocycles. The molecule has 0 aromatic rings. The number of allylic oxidation sites excluding steroid dienone is 6. The molecule has 13 heavy (non-hydrogen) atoms. The highest BCUT2D eigenvalue weighted by Gasteiger charge is 2.35. The van der Waals surface area contributed by atoms with Gasteiger partial charge in [0.2, 0.25) is 0 Å². The first-order chi connectivity index (χ1) is 6.09. The van der Waals surface area contributed by atoms with Crippen LogP contribution in [-0.2, 0) is 0 Å².